The number of hydrogen-bond donors (Lipinski definition) is 2. The Labute approximate surface area is 143 Å². The van der Waals surface area contributed by atoms with E-state index in [1.54, 1.807) is 0 Å². The number of carbonyl (C=O) groups is 1. The van der Waals surface area contributed by atoms with Gasteiger partial charge in [0.1, 0.15) is 17.1 Å². The van der Waals surface area contributed by atoms with Gasteiger partial charge in [-0.1, -0.05) is 0 Å². The summed E-state index contributed by atoms with van der Waals surface area (Å²) < 4.78 is 10.6. The molecule has 2 rings (SSSR count). The fourth-order valence-electron chi connectivity index (χ4n) is 2.82. The van der Waals surface area contributed by atoms with Gasteiger partial charge in [0.05, 0.1) is 19.3 Å². The van der Waals surface area contributed by atoms with Crippen LogP contribution in [0.3, 0.4) is 0 Å². The van der Waals surface area contributed by atoms with E-state index in [9.17, 15) is 4.79 Å². The number of nitrogens with zero attached hydrogens (tertiary/aromatic N) is 1. The fraction of sp³-hybridized carbons (Fsp3) is 0.556. The number of carbonyl (C=O) groups excluding carboxylic acids is 1. The molecule has 0 heterocycles. The number of anilines is 1. The Balaban J connectivity index is 2.33. The molecular formula is C18H27N3O3. The predicted octanol–water partition coefficient (Wildman–Crippen LogP) is 2.71. The van der Waals surface area contributed by atoms with Crippen LogP contribution in [-0.4, -0.2) is 37.1 Å². The minimum atomic E-state index is -0.636. The normalized spacial score (nSPS) is 16.5. The topological polar surface area (TPSA) is 85.9 Å². The molecule has 0 atom stereocenters. The highest BCUT2D eigenvalue weighted by molar-refractivity contribution is 6.01. The lowest BCUT2D eigenvalue weighted by Gasteiger charge is -2.40. The predicted molar refractivity (Wildman–Crippen MR) is 95.7 cm³/mol. The lowest BCUT2D eigenvalue weighted by atomic mass is 9.76. The zero-order chi connectivity index (χ0) is 17.7. The van der Waals surface area contributed by atoms with E-state index in [0.717, 1.165) is 30.5 Å². The number of nitrogens with two attached hydrogens (primary N) is 1. The quantitative estimate of drug-likeness (QED) is 0.455. The first-order valence-electron chi connectivity index (χ1n) is 8.39. The van der Waals surface area contributed by atoms with Gasteiger partial charge in [0.2, 0.25) is 0 Å². The molecule has 0 aromatic heterocycles. The molecule has 0 spiro atoms. The van der Waals surface area contributed by atoms with E-state index < -0.39 is 5.54 Å². The maximum absolute atomic E-state index is 12.1. The van der Waals surface area contributed by atoms with Crippen LogP contribution in [0.1, 0.15) is 45.6 Å². The first-order chi connectivity index (χ1) is 11.4. The number of rotatable bonds is 7. The van der Waals surface area contributed by atoms with Crippen molar-refractivity contribution in [3.8, 4) is 5.75 Å². The van der Waals surface area contributed by atoms with Crippen molar-refractivity contribution in [2.24, 2.45) is 10.7 Å². The van der Waals surface area contributed by atoms with Crippen molar-refractivity contribution < 1.29 is 14.3 Å². The van der Waals surface area contributed by atoms with Gasteiger partial charge in [-0.05, 0) is 58.2 Å². The standard InChI is InChI=1S/C18H27N3O3/c1-5-24-15-8-7-13(11-14(15)16(19)20-12(2)3)21-18(9-6-10-18)17(22)23-4/h7-8,11-12,21H,5-6,9-10H2,1-4H3,(H2,19,20). The average Bonchev–Trinajstić information content (AvgIpc) is 2.50. The zero-order valence-electron chi connectivity index (χ0n) is 14.9. The third-order valence-corrected chi connectivity index (χ3v) is 4.12. The molecule has 24 heavy (non-hydrogen) atoms. The SMILES string of the molecule is CCOc1ccc(NC2(C(=O)OC)CCC2)cc1C(N)=NC(C)C. The summed E-state index contributed by atoms with van der Waals surface area (Å²) in [5.74, 6) is 0.886. The minimum Gasteiger partial charge on any atom is -0.493 e. The van der Waals surface area contributed by atoms with Gasteiger partial charge >= 0.3 is 5.97 Å². The fourth-order valence-corrected chi connectivity index (χ4v) is 2.82. The van der Waals surface area contributed by atoms with Crippen LogP contribution in [0.5, 0.6) is 5.75 Å². The molecule has 1 fully saturated rings. The van der Waals surface area contributed by atoms with Gasteiger partial charge in [-0.2, -0.15) is 0 Å². The maximum atomic E-state index is 12.1. The molecule has 6 heteroatoms. The van der Waals surface area contributed by atoms with Gasteiger partial charge in [-0.15, -0.1) is 0 Å². The second kappa shape index (κ2) is 7.55. The Kier molecular flexibility index (Phi) is 5.70. The molecule has 0 bridgehead atoms. The molecule has 0 saturated heterocycles. The van der Waals surface area contributed by atoms with E-state index in [4.69, 9.17) is 15.2 Å². The molecule has 1 aliphatic carbocycles. The molecule has 132 valence electrons. The highest BCUT2D eigenvalue weighted by atomic mass is 16.5. The molecule has 0 unspecified atom stereocenters. The summed E-state index contributed by atoms with van der Waals surface area (Å²) in [5, 5.41) is 3.32. The van der Waals surface area contributed by atoms with Crippen LogP contribution in [0.25, 0.3) is 0 Å². The number of amidine groups is 1. The van der Waals surface area contributed by atoms with E-state index >= 15 is 0 Å². The van der Waals surface area contributed by atoms with E-state index in [0.29, 0.717) is 18.2 Å². The molecular weight excluding hydrogens is 306 g/mol. The molecule has 0 aliphatic heterocycles. The number of esters is 1. The van der Waals surface area contributed by atoms with E-state index in [2.05, 4.69) is 10.3 Å². The van der Waals surface area contributed by atoms with E-state index in [-0.39, 0.29) is 12.0 Å². The van der Waals surface area contributed by atoms with Crippen molar-refractivity contribution in [2.45, 2.75) is 51.6 Å². The van der Waals surface area contributed by atoms with Crippen molar-refractivity contribution >= 4 is 17.5 Å². The van der Waals surface area contributed by atoms with Gasteiger partial charge in [0, 0.05) is 11.7 Å². The lowest BCUT2D eigenvalue weighted by molar-refractivity contribution is -0.149. The molecule has 0 amide bonds. The molecule has 6 nitrogen and oxygen atoms in total. The van der Waals surface area contributed by atoms with Gasteiger partial charge in [-0.3, -0.25) is 4.99 Å². The summed E-state index contributed by atoms with van der Waals surface area (Å²) in [7, 11) is 1.42. The number of ether oxygens (including phenoxy) is 2. The monoisotopic (exact) mass is 333 g/mol. The Hall–Kier alpha value is -2.24. The average molecular weight is 333 g/mol. The first kappa shape index (κ1) is 18.1. The van der Waals surface area contributed by atoms with Crippen LogP contribution in [0.2, 0.25) is 0 Å². The summed E-state index contributed by atoms with van der Waals surface area (Å²) >= 11 is 0. The zero-order valence-corrected chi connectivity index (χ0v) is 14.9. The highest BCUT2D eigenvalue weighted by Gasteiger charge is 2.45. The van der Waals surface area contributed by atoms with Gasteiger partial charge < -0.3 is 20.5 Å². The molecule has 1 aliphatic rings. The summed E-state index contributed by atoms with van der Waals surface area (Å²) in [6.45, 7) is 6.40. The second-order valence-corrected chi connectivity index (χ2v) is 6.30. The largest absolute Gasteiger partial charge is 0.493 e. The Morgan fingerprint density at radius 1 is 1.42 bits per heavy atom. The Morgan fingerprint density at radius 3 is 2.62 bits per heavy atom. The van der Waals surface area contributed by atoms with Crippen LogP contribution in [-0.2, 0) is 9.53 Å². The smallest absolute Gasteiger partial charge is 0.331 e. The van der Waals surface area contributed by atoms with Crippen molar-refractivity contribution in [3.63, 3.8) is 0 Å². The van der Waals surface area contributed by atoms with Crippen molar-refractivity contribution in [1.29, 1.82) is 0 Å². The highest BCUT2D eigenvalue weighted by Crippen LogP contribution is 2.37. The summed E-state index contributed by atoms with van der Waals surface area (Å²) in [4.78, 5) is 16.5. The molecule has 1 saturated carbocycles. The summed E-state index contributed by atoms with van der Waals surface area (Å²) in [5.41, 5.74) is 7.04. The van der Waals surface area contributed by atoms with Crippen LogP contribution < -0.4 is 15.8 Å². The van der Waals surface area contributed by atoms with Crippen LogP contribution >= 0.6 is 0 Å². The number of benzene rings is 1. The third-order valence-electron chi connectivity index (χ3n) is 4.12. The minimum absolute atomic E-state index is 0.0872. The number of hydrogen-bond acceptors (Lipinski definition) is 5. The van der Waals surface area contributed by atoms with E-state index in [1.165, 1.54) is 7.11 Å². The second-order valence-electron chi connectivity index (χ2n) is 6.30. The molecule has 1 aromatic rings. The molecule has 1 aromatic carbocycles. The van der Waals surface area contributed by atoms with Gasteiger partial charge in [0.25, 0.3) is 0 Å². The summed E-state index contributed by atoms with van der Waals surface area (Å²) in [6.07, 6.45) is 2.53. The van der Waals surface area contributed by atoms with E-state index in [1.807, 2.05) is 39.0 Å². The maximum Gasteiger partial charge on any atom is 0.331 e. The third kappa shape index (κ3) is 3.80. The summed E-state index contributed by atoms with van der Waals surface area (Å²) in [6, 6.07) is 5.72. The molecule has 0 radical (unpaired) electrons. The number of methoxy groups -OCH3 is 1. The van der Waals surface area contributed by atoms with Crippen LogP contribution in [0, 0.1) is 0 Å². The first-order valence-corrected chi connectivity index (χ1v) is 8.39. The Bertz CT molecular complexity index is 622. The number of aliphatic imine (C=N–C) groups is 1. The van der Waals surface area contributed by atoms with Gasteiger partial charge in [-0.25, -0.2) is 4.79 Å². The van der Waals surface area contributed by atoms with Crippen molar-refractivity contribution in [2.75, 3.05) is 19.0 Å². The van der Waals surface area contributed by atoms with Crippen molar-refractivity contribution in [3.05, 3.63) is 23.8 Å². The van der Waals surface area contributed by atoms with Crippen LogP contribution in [0.4, 0.5) is 5.69 Å². The Morgan fingerprint density at radius 2 is 2.12 bits per heavy atom. The van der Waals surface area contributed by atoms with Crippen molar-refractivity contribution in [1.82, 2.24) is 0 Å². The van der Waals surface area contributed by atoms with Crippen LogP contribution in [0.15, 0.2) is 23.2 Å². The lowest BCUT2D eigenvalue weighted by Crippen LogP contribution is -2.52. The molecule has 3 N–H and O–H groups in total. The number of nitrogens with one attached hydrogen (secondary N) is 1. The van der Waals surface area contributed by atoms with Gasteiger partial charge in [0.15, 0.2) is 0 Å².